The minimum atomic E-state index is -1.00. The Morgan fingerprint density at radius 1 is 1.11 bits per heavy atom. The lowest BCUT2D eigenvalue weighted by molar-refractivity contribution is -0.150. The van der Waals surface area contributed by atoms with E-state index in [1.54, 1.807) is 25.1 Å². The highest BCUT2D eigenvalue weighted by atomic mass is 32.2. The maximum atomic E-state index is 13.0. The fraction of sp³-hybridized carbons (Fsp3) is 0.296. The second-order valence-electron chi connectivity index (χ2n) is 7.69. The molecule has 0 N–H and O–H groups in total. The number of imide groups is 1. The van der Waals surface area contributed by atoms with Crippen molar-refractivity contribution >= 4 is 35.0 Å². The Morgan fingerprint density at radius 2 is 1.86 bits per heavy atom. The van der Waals surface area contributed by atoms with Crippen molar-refractivity contribution in [2.24, 2.45) is 0 Å². The third kappa shape index (κ3) is 6.33. The van der Waals surface area contributed by atoms with Gasteiger partial charge in [0.05, 0.1) is 18.1 Å². The molecule has 0 aromatic heterocycles. The van der Waals surface area contributed by atoms with E-state index in [2.05, 4.69) is 6.58 Å². The number of allylic oxidation sites excluding steroid dienone is 1. The number of ether oxygens (including phenoxy) is 3. The van der Waals surface area contributed by atoms with Gasteiger partial charge in [-0.2, -0.15) is 0 Å². The Morgan fingerprint density at radius 3 is 2.51 bits per heavy atom. The Labute approximate surface area is 209 Å². The lowest BCUT2D eigenvalue weighted by Gasteiger charge is -2.19. The van der Waals surface area contributed by atoms with Crippen LogP contribution < -0.4 is 9.47 Å². The van der Waals surface area contributed by atoms with Gasteiger partial charge < -0.3 is 14.2 Å². The summed E-state index contributed by atoms with van der Waals surface area (Å²) in [7, 11) is 0. The fourth-order valence-electron chi connectivity index (χ4n) is 3.56. The molecule has 1 atom stereocenters. The number of amides is 2. The van der Waals surface area contributed by atoms with Gasteiger partial charge in [0.1, 0.15) is 12.6 Å². The molecule has 0 aliphatic carbocycles. The van der Waals surface area contributed by atoms with Crippen LogP contribution in [0.3, 0.4) is 0 Å². The summed E-state index contributed by atoms with van der Waals surface area (Å²) < 4.78 is 17.0. The van der Waals surface area contributed by atoms with Gasteiger partial charge in [0.2, 0.25) is 0 Å². The van der Waals surface area contributed by atoms with E-state index in [0.717, 1.165) is 27.8 Å². The van der Waals surface area contributed by atoms with Crippen LogP contribution in [-0.4, -0.2) is 41.3 Å². The largest absolute Gasteiger partial charge is 0.490 e. The van der Waals surface area contributed by atoms with Crippen molar-refractivity contribution in [3.05, 3.63) is 76.7 Å². The summed E-state index contributed by atoms with van der Waals surface area (Å²) in [5, 5.41) is -0.513. The molecular formula is C27H29NO6S. The first-order valence-corrected chi connectivity index (χ1v) is 12.2. The number of carbonyl (C=O) groups is 3. The molecule has 2 aromatic carbocycles. The average molecular weight is 496 g/mol. The zero-order valence-electron chi connectivity index (χ0n) is 20.1. The number of thioether (sulfide) groups is 1. The maximum absolute atomic E-state index is 13.0. The van der Waals surface area contributed by atoms with E-state index in [1.807, 2.05) is 43.3 Å². The van der Waals surface area contributed by atoms with Gasteiger partial charge in [-0.15, -0.1) is 6.58 Å². The molecule has 2 amide bonds. The SMILES string of the molecule is C=CCc1cc(/C=C2/SC(=O)N([C@H](C)C(=O)OCC)C2=O)cc(OCC)c1OCc1ccccc1. The quantitative estimate of drug-likeness (QED) is 0.235. The summed E-state index contributed by atoms with van der Waals surface area (Å²) >= 11 is 0.789. The molecule has 2 aromatic rings. The highest BCUT2D eigenvalue weighted by Crippen LogP contribution is 2.38. The number of nitrogens with zero attached hydrogens (tertiary/aromatic N) is 1. The molecule has 0 spiro atoms. The molecular weight excluding hydrogens is 466 g/mol. The van der Waals surface area contributed by atoms with Crippen LogP contribution >= 0.6 is 11.8 Å². The highest BCUT2D eigenvalue weighted by Gasteiger charge is 2.41. The Bertz CT molecular complexity index is 1130. The number of benzene rings is 2. The van der Waals surface area contributed by atoms with Crippen molar-refractivity contribution in [2.45, 2.75) is 39.8 Å². The Hall–Kier alpha value is -3.52. The molecule has 1 heterocycles. The van der Waals surface area contributed by atoms with Crippen LogP contribution in [0.2, 0.25) is 0 Å². The summed E-state index contributed by atoms with van der Waals surface area (Å²) in [4.78, 5) is 38.7. The van der Waals surface area contributed by atoms with Crippen LogP contribution in [0.5, 0.6) is 11.5 Å². The second kappa shape index (κ2) is 12.3. The molecule has 184 valence electrons. The van der Waals surface area contributed by atoms with Gasteiger partial charge in [0, 0.05) is 5.56 Å². The van der Waals surface area contributed by atoms with Gasteiger partial charge in [0.25, 0.3) is 11.1 Å². The standard InChI is InChI=1S/C27H29NO6S/c1-5-11-21-14-20(15-22(32-6-2)24(21)34-17-19-12-9-8-10-13-19)16-23-25(29)28(27(31)35-23)18(4)26(30)33-7-3/h5,8-10,12-16,18H,1,6-7,11,17H2,2-4H3/b23-16+/t18-/m1/s1. The van der Waals surface area contributed by atoms with Gasteiger partial charge in [-0.3, -0.25) is 14.5 Å². The molecule has 1 saturated heterocycles. The van der Waals surface area contributed by atoms with Crippen molar-refractivity contribution in [1.82, 2.24) is 4.90 Å². The molecule has 8 heteroatoms. The molecule has 0 unspecified atom stereocenters. The number of esters is 1. The number of rotatable bonds is 11. The lowest BCUT2D eigenvalue weighted by atomic mass is 10.0. The molecule has 1 fully saturated rings. The molecule has 0 bridgehead atoms. The van der Waals surface area contributed by atoms with Crippen molar-refractivity contribution in [3.63, 3.8) is 0 Å². The zero-order valence-corrected chi connectivity index (χ0v) is 20.9. The minimum Gasteiger partial charge on any atom is -0.490 e. The minimum absolute atomic E-state index is 0.167. The molecule has 35 heavy (non-hydrogen) atoms. The van der Waals surface area contributed by atoms with E-state index in [-0.39, 0.29) is 11.5 Å². The van der Waals surface area contributed by atoms with E-state index in [0.29, 0.717) is 36.7 Å². The number of hydrogen-bond donors (Lipinski definition) is 0. The lowest BCUT2D eigenvalue weighted by Crippen LogP contribution is -2.42. The van der Waals surface area contributed by atoms with Crippen LogP contribution in [0.25, 0.3) is 6.08 Å². The molecule has 3 rings (SSSR count). The third-order valence-electron chi connectivity index (χ3n) is 5.18. The summed E-state index contributed by atoms with van der Waals surface area (Å²) in [6, 6.07) is 12.5. The van der Waals surface area contributed by atoms with E-state index in [4.69, 9.17) is 14.2 Å². The van der Waals surface area contributed by atoms with Crippen molar-refractivity contribution in [3.8, 4) is 11.5 Å². The predicted molar refractivity (Wildman–Crippen MR) is 136 cm³/mol. The summed E-state index contributed by atoms with van der Waals surface area (Å²) in [6.45, 7) is 9.83. The van der Waals surface area contributed by atoms with Crippen molar-refractivity contribution in [2.75, 3.05) is 13.2 Å². The van der Waals surface area contributed by atoms with E-state index in [1.165, 1.54) is 6.92 Å². The second-order valence-corrected chi connectivity index (χ2v) is 8.68. The summed E-state index contributed by atoms with van der Waals surface area (Å²) in [6.07, 6.45) is 3.91. The highest BCUT2D eigenvalue weighted by molar-refractivity contribution is 8.18. The average Bonchev–Trinajstić information content (AvgIpc) is 3.11. The topological polar surface area (TPSA) is 82.1 Å². The van der Waals surface area contributed by atoms with Gasteiger partial charge in [-0.25, -0.2) is 4.79 Å². The molecule has 0 radical (unpaired) electrons. The first-order valence-electron chi connectivity index (χ1n) is 11.4. The van der Waals surface area contributed by atoms with Crippen LogP contribution in [0, 0.1) is 0 Å². The van der Waals surface area contributed by atoms with E-state index >= 15 is 0 Å². The maximum Gasteiger partial charge on any atom is 0.329 e. The number of carbonyl (C=O) groups excluding carboxylic acids is 3. The normalized spacial score (nSPS) is 15.3. The van der Waals surface area contributed by atoms with Gasteiger partial charge in [-0.1, -0.05) is 36.4 Å². The van der Waals surface area contributed by atoms with Crippen molar-refractivity contribution < 1.29 is 28.6 Å². The Kier molecular flexibility index (Phi) is 9.14. The summed E-state index contributed by atoms with van der Waals surface area (Å²) in [5.74, 6) is -0.0130. The fourth-order valence-corrected chi connectivity index (χ4v) is 4.47. The smallest absolute Gasteiger partial charge is 0.329 e. The predicted octanol–water partition coefficient (Wildman–Crippen LogP) is 5.38. The van der Waals surface area contributed by atoms with Gasteiger partial charge in [0.15, 0.2) is 11.5 Å². The monoisotopic (exact) mass is 495 g/mol. The first kappa shape index (κ1) is 26.1. The summed E-state index contributed by atoms with van der Waals surface area (Å²) in [5.41, 5.74) is 2.53. The Balaban J connectivity index is 1.93. The van der Waals surface area contributed by atoms with Crippen LogP contribution in [0.4, 0.5) is 4.79 Å². The van der Waals surface area contributed by atoms with Crippen molar-refractivity contribution in [1.29, 1.82) is 0 Å². The van der Waals surface area contributed by atoms with Crippen LogP contribution in [0.15, 0.2) is 60.0 Å². The van der Waals surface area contributed by atoms with Crippen LogP contribution in [-0.2, 0) is 27.4 Å². The molecule has 7 nitrogen and oxygen atoms in total. The van der Waals surface area contributed by atoms with Gasteiger partial charge >= 0.3 is 5.97 Å². The third-order valence-corrected chi connectivity index (χ3v) is 6.06. The number of hydrogen-bond acceptors (Lipinski definition) is 7. The molecule has 1 aliphatic rings. The molecule has 0 saturated carbocycles. The van der Waals surface area contributed by atoms with E-state index < -0.39 is 23.2 Å². The van der Waals surface area contributed by atoms with E-state index in [9.17, 15) is 14.4 Å². The molecule has 1 aliphatic heterocycles. The van der Waals surface area contributed by atoms with Crippen LogP contribution in [0.1, 0.15) is 37.5 Å². The first-order chi connectivity index (χ1) is 16.9. The van der Waals surface area contributed by atoms with Gasteiger partial charge in [-0.05, 0) is 68.3 Å². The zero-order chi connectivity index (χ0) is 25.4.